The van der Waals surface area contributed by atoms with Crippen molar-refractivity contribution in [2.75, 3.05) is 26.4 Å². The smallest absolute Gasteiger partial charge is 0.274 e. The number of aliphatic hydroxyl groups is 1. The first-order valence-corrected chi connectivity index (χ1v) is 10.7. The first kappa shape index (κ1) is 21.8. The highest BCUT2D eigenvalue weighted by atomic mass is 32.1. The molecule has 1 aromatic heterocycles. The van der Waals surface area contributed by atoms with Crippen molar-refractivity contribution in [3.05, 3.63) is 40.8 Å². The summed E-state index contributed by atoms with van der Waals surface area (Å²) < 4.78 is 25.1. The molecule has 2 aromatic rings. The van der Waals surface area contributed by atoms with E-state index < -0.39 is 5.79 Å². The number of carbonyl (C=O) groups is 1. The third-order valence-corrected chi connectivity index (χ3v) is 6.06. The van der Waals surface area contributed by atoms with Gasteiger partial charge in [0.15, 0.2) is 5.79 Å². The number of ether oxygens (including phenoxy) is 2. The summed E-state index contributed by atoms with van der Waals surface area (Å²) in [4.78, 5) is 20.3. The van der Waals surface area contributed by atoms with E-state index in [2.05, 4.69) is 4.98 Å². The summed E-state index contributed by atoms with van der Waals surface area (Å²) in [5.74, 6) is -1.50. The van der Waals surface area contributed by atoms with E-state index in [4.69, 9.17) is 9.47 Å². The van der Waals surface area contributed by atoms with Crippen LogP contribution in [-0.2, 0) is 9.47 Å². The molecule has 3 rings (SSSR count). The largest absolute Gasteiger partial charge is 0.394 e. The average Bonchev–Trinajstić information content (AvgIpc) is 3.10. The summed E-state index contributed by atoms with van der Waals surface area (Å²) >= 11 is 1.39. The third kappa shape index (κ3) is 4.66. The number of hydrogen-bond donors (Lipinski definition) is 1. The Morgan fingerprint density at radius 1 is 1.31 bits per heavy atom. The first-order chi connectivity index (χ1) is 13.9. The number of nitrogens with zero attached hydrogens (tertiary/aromatic N) is 2. The predicted molar refractivity (Wildman–Crippen MR) is 109 cm³/mol. The monoisotopic (exact) mass is 422 g/mol. The van der Waals surface area contributed by atoms with Gasteiger partial charge in [-0.3, -0.25) is 4.79 Å². The molecule has 0 spiro atoms. The van der Waals surface area contributed by atoms with Crippen LogP contribution in [0.5, 0.6) is 0 Å². The molecule has 1 aliphatic heterocycles. The summed E-state index contributed by atoms with van der Waals surface area (Å²) in [6, 6.07) is 5.68. The Morgan fingerprint density at radius 2 is 1.97 bits per heavy atom. The fourth-order valence-corrected chi connectivity index (χ4v) is 4.66. The van der Waals surface area contributed by atoms with Crippen LogP contribution in [0.3, 0.4) is 0 Å². The number of likely N-dealkylation sites (tertiary alicyclic amines) is 1. The van der Waals surface area contributed by atoms with Crippen LogP contribution in [0, 0.1) is 12.7 Å². The van der Waals surface area contributed by atoms with Gasteiger partial charge in [-0.1, -0.05) is 12.1 Å². The van der Waals surface area contributed by atoms with E-state index in [0.29, 0.717) is 36.6 Å². The van der Waals surface area contributed by atoms with Gasteiger partial charge in [0.1, 0.15) is 11.5 Å². The summed E-state index contributed by atoms with van der Waals surface area (Å²) in [5, 5.41) is 10.6. The van der Waals surface area contributed by atoms with Crippen molar-refractivity contribution in [1.29, 1.82) is 0 Å². The number of hydrogen-bond acceptors (Lipinski definition) is 6. The second kappa shape index (κ2) is 9.30. The zero-order valence-electron chi connectivity index (χ0n) is 17.0. The van der Waals surface area contributed by atoms with Gasteiger partial charge in [0, 0.05) is 19.6 Å². The molecule has 0 saturated carbocycles. The van der Waals surface area contributed by atoms with E-state index in [1.165, 1.54) is 23.5 Å². The predicted octanol–water partition coefficient (Wildman–Crippen LogP) is 3.62. The number of aliphatic hydroxyl groups excluding tert-OH is 1. The van der Waals surface area contributed by atoms with Crippen molar-refractivity contribution in [2.45, 2.75) is 45.4 Å². The van der Waals surface area contributed by atoms with Crippen molar-refractivity contribution >= 4 is 17.2 Å². The topological polar surface area (TPSA) is 71.9 Å². The molecule has 2 heterocycles. The number of halogens is 1. The minimum Gasteiger partial charge on any atom is -0.394 e. The maximum Gasteiger partial charge on any atom is 0.274 e. The Morgan fingerprint density at radius 3 is 2.55 bits per heavy atom. The Balaban J connectivity index is 1.96. The average molecular weight is 423 g/mol. The number of benzene rings is 1. The molecule has 0 aliphatic carbocycles. The lowest BCUT2D eigenvalue weighted by Crippen LogP contribution is -2.58. The third-order valence-electron chi connectivity index (χ3n) is 5.04. The highest BCUT2D eigenvalue weighted by molar-refractivity contribution is 7.15. The van der Waals surface area contributed by atoms with E-state index in [9.17, 15) is 14.3 Å². The van der Waals surface area contributed by atoms with Crippen LogP contribution in [0.4, 0.5) is 4.39 Å². The zero-order chi connectivity index (χ0) is 21.0. The highest BCUT2D eigenvalue weighted by Gasteiger charge is 2.44. The van der Waals surface area contributed by atoms with Crippen molar-refractivity contribution < 1.29 is 23.8 Å². The second-order valence-electron chi connectivity index (χ2n) is 7.00. The Bertz CT molecular complexity index is 834. The van der Waals surface area contributed by atoms with Gasteiger partial charge < -0.3 is 19.5 Å². The van der Waals surface area contributed by atoms with Crippen LogP contribution in [0.1, 0.15) is 42.2 Å². The Hall–Kier alpha value is -1.87. The molecule has 8 heteroatoms. The van der Waals surface area contributed by atoms with Crippen LogP contribution in [0.2, 0.25) is 0 Å². The number of carbonyl (C=O) groups excluding carboxylic acids is 1. The molecule has 1 N–H and O–H groups in total. The molecular weight excluding hydrogens is 395 g/mol. The maximum absolute atomic E-state index is 13.5. The molecule has 1 amide bonds. The van der Waals surface area contributed by atoms with E-state index in [0.717, 1.165) is 10.6 Å². The van der Waals surface area contributed by atoms with Gasteiger partial charge in [0.25, 0.3) is 5.91 Å². The van der Waals surface area contributed by atoms with Gasteiger partial charge in [-0.25, -0.2) is 9.37 Å². The number of aryl methyl sites for hydroxylation is 1. The number of aromatic nitrogens is 1. The lowest BCUT2D eigenvalue weighted by Gasteiger charge is -2.45. The molecule has 1 saturated heterocycles. The quantitative estimate of drug-likeness (QED) is 0.690. The van der Waals surface area contributed by atoms with Crippen molar-refractivity contribution in [3.63, 3.8) is 0 Å². The number of amides is 1. The van der Waals surface area contributed by atoms with E-state index in [-0.39, 0.29) is 30.9 Å². The summed E-state index contributed by atoms with van der Waals surface area (Å²) in [7, 11) is 0. The van der Waals surface area contributed by atoms with E-state index >= 15 is 0 Å². The first-order valence-electron chi connectivity index (χ1n) is 9.86. The number of piperidine rings is 1. The van der Waals surface area contributed by atoms with Crippen LogP contribution < -0.4 is 0 Å². The molecular formula is C21H27FN2O4S. The molecule has 1 aliphatic rings. The van der Waals surface area contributed by atoms with E-state index in [1.54, 1.807) is 17.0 Å². The summed E-state index contributed by atoms with van der Waals surface area (Å²) in [5.41, 5.74) is 1.04. The molecule has 1 fully saturated rings. The van der Waals surface area contributed by atoms with Gasteiger partial charge in [0.05, 0.1) is 29.1 Å². The molecule has 0 radical (unpaired) electrons. The van der Waals surface area contributed by atoms with Gasteiger partial charge in [-0.05, 0) is 44.9 Å². The zero-order valence-corrected chi connectivity index (χ0v) is 17.8. The second-order valence-corrected chi connectivity index (χ2v) is 8.21. The van der Waals surface area contributed by atoms with Crippen molar-refractivity contribution in [1.82, 2.24) is 9.88 Å². The van der Waals surface area contributed by atoms with Gasteiger partial charge in [-0.2, -0.15) is 0 Å². The van der Waals surface area contributed by atoms with Crippen molar-refractivity contribution in [2.24, 2.45) is 0 Å². The summed E-state index contributed by atoms with van der Waals surface area (Å²) in [6.07, 6.45) is 1.17. The number of thiazole rings is 1. The van der Waals surface area contributed by atoms with Gasteiger partial charge >= 0.3 is 0 Å². The summed E-state index contributed by atoms with van der Waals surface area (Å²) in [6.45, 7) is 6.61. The van der Waals surface area contributed by atoms with E-state index in [1.807, 2.05) is 20.8 Å². The Kier molecular flexibility index (Phi) is 7.00. The lowest BCUT2D eigenvalue weighted by atomic mass is 9.96. The van der Waals surface area contributed by atoms with Crippen molar-refractivity contribution in [3.8, 4) is 10.4 Å². The fourth-order valence-electron chi connectivity index (χ4n) is 3.75. The van der Waals surface area contributed by atoms with Crippen LogP contribution in [0.25, 0.3) is 10.4 Å². The van der Waals surface area contributed by atoms with Crippen LogP contribution in [0.15, 0.2) is 24.3 Å². The fraction of sp³-hybridized carbons (Fsp3) is 0.524. The normalized spacial score (nSPS) is 18.8. The van der Waals surface area contributed by atoms with Gasteiger partial charge in [-0.15, -0.1) is 11.3 Å². The Labute approximate surface area is 174 Å². The standard InChI is InChI=1S/C21H27FN2O4S/c1-4-27-21(28-5-2)11-10-17(12-25)24(13-21)20(26)18-19(29-14(3)23-18)15-6-8-16(22)9-7-15/h6-9,17,25H,4-5,10-13H2,1-3H3. The van der Waals surface area contributed by atoms with Crippen LogP contribution >= 0.6 is 11.3 Å². The van der Waals surface area contributed by atoms with Gasteiger partial charge in [0.2, 0.25) is 0 Å². The molecule has 1 atom stereocenters. The SMILES string of the molecule is CCOC1(OCC)CCC(CO)N(C(=O)c2nc(C)sc2-c2ccc(F)cc2)C1. The molecule has 1 unspecified atom stereocenters. The molecule has 1 aromatic carbocycles. The van der Waals surface area contributed by atoms with Crippen LogP contribution in [-0.4, -0.2) is 59.1 Å². The molecule has 6 nitrogen and oxygen atoms in total. The molecule has 158 valence electrons. The minimum atomic E-state index is -0.883. The number of rotatable bonds is 7. The molecule has 0 bridgehead atoms. The lowest BCUT2D eigenvalue weighted by molar-refractivity contribution is -0.257. The molecule has 29 heavy (non-hydrogen) atoms. The highest BCUT2D eigenvalue weighted by Crippen LogP contribution is 2.35. The minimum absolute atomic E-state index is 0.144. The maximum atomic E-state index is 13.5.